The molecule has 0 aliphatic rings. The molecule has 0 fully saturated rings. The number of aromatic nitrogens is 2. The molecule has 6 heteroatoms. The minimum atomic E-state index is -0.223. The van der Waals surface area contributed by atoms with E-state index in [2.05, 4.69) is 31.4 Å². The highest BCUT2D eigenvalue weighted by molar-refractivity contribution is 9.10. The Morgan fingerprint density at radius 1 is 1.42 bits per heavy atom. The Morgan fingerprint density at radius 3 is 2.84 bits per heavy atom. The van der Waals surface area contributed by atoms with Gasteiger partial charge in [-0.2, -0.15) is 0 Å². The van der Waals surface area contributed by atoms with Crippen LogP contribution in [0.1, 0.15) is 13.8 Å². The van der Waals surface area contributed by atoms with Gasteiger partial charge in [-0.15, -0.1) is 10.2 Å². The summed E-state index contributed by atoms with van der Waals surface area (Å²) in [6, 6.07) is 7.29. The molecule has 1 N–H and O–H groups in total. The van der Waals surface area contributed by atoms with Crippen molar-refractivity contribution in [2.24, 2.45) is 5.92 Å². The monoisotopic (exact) mass is 323 g/mol. The molecule has 2 aromatic rings. The molecule has 0 spiro atoms. The Balaban J connectivity index is 2.14. The van der Waals surface area contributed by atoms with E-state index in [0.717, 1.165) is 5.56 Å². The molecule has 0 aliphatic heterocycles. The van der Waals surface area contributed by atoms with Gasteiger partial charge in [0, 0.05) is 11.3 Å². The number of hydrogen-bond donors (Lipinski definition) is 1. The molecule has 0 aliphatic carbocycles. The minimum Gasteiger partial charge on any atom is -0.423 e. The second-order valence-electron chi connectivity index (χ2n) is 4.46. The summed E-state index contributed by atoms with van der Waals surface area (Å²) in [5.41, 5.74) is 1.47. The average Bonchev–Trinajstić information content (AvgIpc) is 2.91. The Bertz CT molecular complexity index is 555. The van der Waals surface area contributed by atoms with Crippen LogP contribution in [0.5, 0.6) is 0 Å². The molecule has 1 heterocycles. The van der Waals surface area contributed by atoms with Crippen LogP contribution in [0.3, 0.4) is 0 Å². The van der Waals surface area contributed by atoms with E-state index in [9.17, 15) is 4.79 Å². The Morgan fingerprint density at radius 2 is 2.21 bits per heavy atom. The van der Waals surface area contributed by atoms with Crippen molar-refractivity contribution in [1.29, 1.82) is 0 Å². The molecule has 1 amide bonds. The Hall–Kier alpha value is -1.69. The van der Waals surface area contributed by atoms with E-state index in [1.54, 1.807) is 6.07 Å². The number of hydrogen-bond acceptors (Lipinski definition) is 4. The fourth-order valence-electron chi connectivity index (χ4n) is 1.54. The van der Waals surface area contributed by atoms with Crippen LogP contribution < -0.4 is 5.32 Å². The second kappa shape index (κ2) is 5.97. The van der Waals surface area contributed by atoms with Crippen LogP contribution in [0, 0.1) is 5.92 Å². The van der Waals surface area contributed by atoms with Crippen LogP contribution in [-0.2, 0) is 4.79 Å². The van der Waals surface area contributed by atoms with E-state index in [-0.39, 0.29) is 16.7 Å². The van der Waals surface area contributed by atoms with Crippen LogP contribution in [0.15, 0.2) is 35.1 Å². The first-order chi connectivity index (χ1) is 9.08. The summed E-state index contributed by atoms with van der Waals surface area (Å²) in [6.45, 7) is 3.96. The number of anilines is 1. The van der Waals surface area contributed by atoms with E-state index in [0.29, 0.717) is 11.6 Å². The lowest BCUT2D eigenvalue weighted by Crippen LogP contribution is -2.26. The first-order valence-corrected chi connectivity index (χ1v) is 6.81. The van der Waals surface area contributed by atoms with Crippen molar-refractivity contribution in [3.8, 4) is 11.5 Å². The molecular weight excluding hydrogens is 310 g/mol. The molecule has 0 saturated carbocycles. The summed E-state index contributed by atoms with van der Waals surface area (Å²) in [6.07, 6.45) is 1.27. The van der Waals surface area contributed by atoms with Crippen molar-refractivity contribution < 1.29 is 9.21 Å². The smallest absolute Gasteiger partial charge is 0.247 e. The van der Waals surface area contributed by atoms with Crippen molar-refractivity contribution in [3.63, 3.8) is 0 Å². The molecule has 0 saturated heterocycles. The van der Waals surface area contributed by atoms with Crippen molar-refractivity contribution in [1.82, 2.24) is 10.2 Å². The Kier molecular flexibility index (Phi) is 4.31. The maximum Gasteiger partial charge on any atom is 0.247 e. The molecule has 2 rings (SSSR count). The lowest BCUT2D eigenvalue weighted by atomic mass is 10.1. The molecule has 19 heavy (non-hydrogen) atoms. The van der Waals surface area contributed by atoms with Crippen molar-refractivity contribution in [2.75, 3.05) is 5.32 Å². The summed E-state index contributed by atoms with van der Waals surface area (Å²) in [5.74, 6) is 0.576. The molecule has 1 unspecified atom stereocenters. The summed E-state index contributed by atoms with van der Waals surface area (Å²) in [4.78, 5) is 11.7. The molecular formula is C13H14BrN3O2. The van der Waals surface area contributed by atoms with E-state index in [1.807, 2.05) is 32.0 Å². The molecule has 5 nitrogen and oxygen atoms in total. The predicted molar refractivity (Wildman–Crippen MR) is 75.9 cm³/mol. The van der Waals surface area contributed by atoms with Crippen LogP contribution in [-0.4, -0.2) is 20.9 Å². The number of alkyl halides is 1. The zero-order chi connectivity index (χ0) is 13.8. The third-order valence-electron chi connectivity index (χ3n) is 2.57. The Labute approximate surface area is 119 Å². The quantitative estimate of drug-likeness (QED) is 0.878. The van der Waals surface area contributed by atoms with Gasteiger partial charge in [-0.05, 0) is 24.1 Å². The normalized spacial score (nSPS) is 12.4. The second-order valence-corrected chi connectivity index (χ2v) is 5.45. The molecule has 1 aromatic carbocycles. The standard InChI is InChI=1S/C13H14BrN3O2/c1-8(2)11(14)12(18)16-10-5-3-4-9(6-10)13-17-15-7-19-13/h3-8,11H,1-2H3,(H,16,18). The topological polar surface area (TPSA) is 68.0 Å². The van der Waals surface area contributed by atoms with Gasteiger partial charge in [0.15, 0.2) is 0 Å². The average molecular weight is 324 g/mol. The van der Waals surface area contributed by atoms with Gasteiger partial charge in [0.1, 0.15) is 0 Å². The molecule has 0 bridgehead atoms. The van der Waals surface area contributed by atoms with Gasteiger partial charge in [0.2, 0.25) is 18.2 Å². The highest BCUT2D eigenvalue weighted by atomic mass is 79.9. The molecule has 0 radical (unpaired) electrons. The number of carbonyl (C=O) groups is 1. The maximum absolute atomic E-state index is 11.9. The van der Waals surface area contributed by atoms with Gasteiger partial charge in [-0.3, -0.25) is 4.79 Å². The minimum absolute atomic E-state index is 0.0716. The zero-order valence-corrected chi connectivity index (χ0v) is 12.2. The van der Waals surface area contributed by atoms with E-state index in [1.165, 1.54) is 6.39 Å². The number of halogens is 1. The van der Waals surface area contributed by atoms with Crippen LogP contribution in [0.4, 0.5) is 5.69 Å². The maximum atomic E-state index is 11.9. The van der Waals surface area contributed by atoms with Crippen LogP contribution in [0.2, 0.25) is 0 Å². The largest absolute Gasteiger partial charge is 0.423 e. The molecule has 1 aromatic heterocycles. The van der Waals surface area contributed by atoms with Crippen LogP contribution >= 0.6 is 15.9 Å². The first-order valence-electron chi connectivity index (χ1n) is 5.89. The van der Waals surface area contributed by atoms with Crippen LogP contribution in [0.25, 0.3) is 11.5 Å². The number of rotatable bonds is 4. The number of benzene rings is 1. The van der Waals surface area contributed by atoms with E-state index >= 15 is 0 Å². The van der Waals surface area contributed by atoms with E-state index < -0.39 is 0 Å². The van der Waals surface area contributed by atoms with Crippen molar-refractivity contribution in [3.05, 3.63) is 30.7 Å². The van der Waals surface area contributed by atoms with Gasteiger partial charge in [-0.25, -0.2) is 0 Å². The summed E-state index contributed by atoms with van der Waals surface area (Å²) >= 11 is 3.37. The lowest BCUT2D eigenvalue weighted by Gasteiger charge is -2.14. The zero-order valence-electron chi connectivity index (χ0n) is 10.6. The lowest BCUT2D eigenvalue weighted by molar-refractivity contribution is -0.116. The van der Waals surface area contributed by atoms with E-state index in [4.69, 9.17) is 4.42 Å². The highest BCUT2D eigenvalue weighted by Gasteiger charge is 2.18. The van der Waals surface area contributed by atoms with Crippen molar-refractivity contribution in [2.45, 2.75) is 18.7 Å². The van der Waals surface area contributed by atoms with Gasteiger partial charge >= 0.3 is 0 Å². The van der Waals surface area contributed by atoms with Gasteiger partial charge in [-0.1, -0.05) is 35.8 Å². The van der Waals surface area contributed by atoms with Crippen molar-refractivity contribution >= 4 is 27.5 Å². The fraction of sp³-hybridized carbons (Fsp3) is 0.308. The fourth-order valence-corrected chi connectivity index (χ4v) is 1.66. The SMILES string of the molecule is CC(C)C(Br)C(=O)Nc1cccc(-c2nnco2)c1. The third-order valence-corrected chi connectivity index (χ3v) is 4.05. The van der Waals surface area contributed by atoms with Gasteiger partial charge < -0.3 is 9.73 Å². The highest BCUT2D eigenvalue weighted by Crippen LogP contribution is 2.21. The molecule has 1 atom stereocenters. The van der Waals surface area contributed by atoms with Gasteiger partial charge in [0.05, 0.1) is 4.83 Å². The number of carbonyl (C=O) groups excluding carboxylic acids is 1. The predicted octanol–water partition coefficient (Wildman–Crippen LogP) is 3.09. The first kappa shape index (κ1) is 13.7. The summed E-state index contributed by atoms with van der Waals surface area (Å²) in [5, 5.41) is 10.3. The summed E-state index contributed by atoms with van der Waals surface area (Å²) in [7, 11) is 0. The number of amides is 1. The number of nitrogens with zero attached hydrogens (tertiary/aromatic N) is 2. The van der Waals surface area contributed by atoms with Gasteiger partial charge in [0.25, 0.3) is 0 Å². The summed E-state index contributed by atoms with van der Waals surface area (Å²) < 4.78 is 5.12. The molecule has 100 valence electrons. The third kappa shape index (κ3) is 3.41. The number of nitrogens with one attached hydrogen (secondary N) is 1.